The summed E-state index contributed by atoms with van der Waals surface area (Å²) in [5.74, 6) is -0.825. The van der Waals surface area contributed by atoms with Gasteiger partial charge in [0.05, 0.1) is 5.92 Å². The lowest BCUT2D eigenvalue weighted by molar-refractivity contribution is -0.119. The topological polar surface area (TPSA) is 89.3 Å². The van der Waals surface area contributed by atoms with E-state index in [1.807, 2.05) is 0 Å². The first-order valence-corrected chi connectivity index (χ1v) is 6.12. The lowest BCUT2D eigenvalue weighted by atomic mass is 10.0. The third kappa shape index (κ3) is 3.54. The fourth-order valence-corrected chi connectivity index (χ4v) is 1.52. The van der Waals surface area contributed by atoms with Gasteiger partial charge in [-0.3, -0.25) is 4.79 Å². The monoisotopic (exact) mass is 242 g/mol. The molecule has 1 amide bonds. The molecule has 0 aliphatic carbocycles. The quantitative estimate of drug-likeness (QED) is 0.646. The molecule has 6 heteroatoms. The molecule has 0 aromatic heterocycles. The Morgan fingerprint density at radius 3 is 2.38 bits per heavy atom. The van der Waals surface area contributed by atoms with E-state index in [9.17, 15) is 13.2 Å². The largest absolute Gasteiger partial charge is 0.372 e. The van der Waals surface area contributed by atoms with Crippen LogP contribution in [0.15, 0.2) is 24.3 Å². The number of carbonyl (C=O) groups excluding carboxylic acids is 1. The lowest BCUT2D eigenvalue weighted by Gasteiger charge is -2.08. The van der Waals surface area contributed by atoms with Crippen molar-refractivity contribution in [2.24, 2.45) is 5.73 Å². The number of hydrogen-bond acceptors (Lipinski definition) is 4. The molecule has 0 spiro atoms. The summed E-state index contributed by atoms with van der Waals surface area (Å²) in [5.41, 5.74) is 6.67. The molecule has 0 fully saturated rings. The number of nitrogens with one attached hydrogen (secondary N) is 1. The SMILES string of the molecule is CC(C(N)=O)c1ccc(NC[SH](=O)=O)cc1. The highest BCUT2D eigenvalue weighted by Crippen LogP contribution is 2.17. The van der Waals surface area contributed by atoms with E-state index in [1.54, 1.807) is 31.2 Å². The van der Waals surface area contributed by atoms with Crippen molar-refractivity contribution in [2.75, 3.05) is 11.2 Å². The van der Waals surface area contributed by atoms with Crippen molar-refractivity contribution in [1.29, 1.82) is 0 Å². The zero-order valence-corrected chi connectivity index (χ0v) is 9.74. The number of primary amides is 1. The van der Waals surface area contributed by atoms with Crippen molar-refractivity contribution >= 4 is 22.3 Å². The van der Waals surface area contributed by atoms with Gasteiger partial charge in [-0.2, -0.15) is 0 Å². The van der Waals surface area contributed by atoms with Gasteiger partial charge in [0.25, 0.3) is 0 Å². The molecule has 1 atom stereocenters. The van der Waals surface area contributed by atoms with Crippen LogP contribution in [-0.4, -0.2) is 20.2 Å². The molecule has 16 heavy (non-hydrogen) atoms. The van der Waals surface area contributed by atoms with E-state index < -0.39 is 10.7 Å². The number of rotatable bonds is 5. The minimum absolute atomic E-state index is 0.0972. The molecule has 0 saturated carbocycles. The molecule has 1 aromatic carbocycles. The second-order valence-electron chi connectivity index (χ2n) is 3.41. The predicted molar refractivity (Wildman–Crippen MR) is 62.9 cm³/mol. The minimum Gasteiger partial charge on any atom is -0.372 e. The summed E-state index contributed by atoms with van der Waals surface area (Å²) >= 11 is 0. The lowest BCUT2D eigenvalue weighted by Crippen LogP contribution is -2.18. The summed E-state index contributed by atoms with van der Waals surface area (Å²) in [6.45, 7) is 1.72. The third-order valence-electron chi connectivity index (χ3n) is 2.25. The normalized spacial score (nSPS) is 12.4. The van der Waals surface area contributed by atoms with E-state index in [-0.39, 0.29) is 17.7 Å². The summed E-state index contributed by atoms with van der Waals surface area (Å²) in [6, 6.07) is 6.92. The zero-order chi connectivity index (χ0) is 12.1. The average molecular weight is 242 g/mol. The van der Waals surface area contributed by atoms with Crippen LogP contribution in [0.2, 0.25) is 0 Å². The number of anilines is 1. The summed E-state index contributed by atoms with van der Waals surface area (Å²) < 4.78 is 20.7. The molecule has 0 bridgehead atoms. The maximum atomic E-state index is 10.9. The van der Waals surface area contributed by atoms with Gasteiger partial charge in [0.1, 0.15) is 5.88 Å². The van der Waals surface area contributed by atoms with E-state index in [0.717, 1.165) is 5.56 Å². The van der Waals surface area contributed by atoms with E-state index in [4.69, 9.17) is 5.73 Å². The molecular weight excluding hydrogens is 228 g/mol. The van der Waals surface area contributed by atoms with Gasteiger partial charge in [-0.05, 0) is 24.6 Å². The summed E-state index contributed by atoms with van der Waals surface area (Å²) in [5, 5.41) is 2.73. The van der Waals surface area contributed by atoms with Gasteiger partial charge < -0.3 is 11.1 Å². The number of amides is 1. The molecule has 0 heterocycles. The molecule has 0 saturated heterocycles. The van der Waals surface area contributed by atoms with Gasteiger partial charge in [0.15, 0.2) is 10.7 Å². The molecule has 1 unspecified atom stereocenters. The molecule has 0 aliphatic heterocycles. The van der Waals surface area contributed by atoms with Gasteiger partial charge in [0.2, 0.25) is 5.91 Å². The molecule has 1 rings (SSSR count). The maximum Gasteiger partial charge on any atom is 0.224 e. The molecule has 0 aliphatic rings. The molecule has 0 radical (unpaired) electrons. The summed E-state index contributed by atoms with van der Waals surface area (Å²) in [4.78, 5) is 10.9. The molecule has 88 valence electrons. The van der Waals surface area contributed by atoms with E-state index in [1.165, 1.54) is 0 Å². The van der Waals surface area contributed by atoms with Gasteiger partial charge in [-0.1, -0.05) is 12.1 Å². The highest BCUT2D eigenvalue weighted by molar-refractivity contribution is 7.72. The van der Waals surface area contributed by atoms with Crippen LogP contribution >= 0.6 is 0 Å². The second-order valence-corrected chi connectivity index (χ2v) is 4.40. The van der Waals surface area contributed by atoms with Crippen LogP contribution in [0.5, 0.6) is 0 Å². The van der Waals surface area contributed by atoms with Crippen molar-refractivity contribution in [3.63, 3.8) is 0 Å². The molecular formula is C10H14N2O3S. The van der Waals surface area contributed by atoms with Gasteiger partial charge >= 0.3 is 0 Å². The Morgan fingerprint density at radius 2 is 1.94 bits per heavy atom. The van der Waals surface area contributed by atoms with Crippen LogP contribution in [0, 0.1) is 0 Å². The van der Waals surface area contributed by atoms with Crippen molar-refractivity contribution < 1.29 is 13.2 Å². The second kappa shape index (κ2) is 5.50. The molecule has 1 aromatic rings. The third-order valence-corrected chi connectivity index (χ3v) is 2.67. The van der Waals surface area contributed by atoms with Gasteiger partial charge in [0, 0.05) is 5.69 Å². The fourth-order valence-electron chi connectivity index (χ4n) is 1.21. The van der Waals surface area contributed by atoms with Crippen LogP contribution in [0.1, 0.15) is 18.4 Å². The Labute approximate surface area is 95.6 Å². The van der Waals surface area contributed by atoms with E-state index >= 15 is 0 Å². The number of benzene rings is 1. The predicted octanol–water partition coefficient (Wildman–Crippen LogP) is 0.256. The van der Waals surface area contributed by atoms with Crippen molar-refractivity contribution in [3.8, 4) is 0 Å². The van der Waals surface area contributed by atoms with Crippen molar-refractivity contribution in [1.82, 2.24) is 0 Å². The van der Waals surface area contributed by atoms with Crippen molar-refractivity contribution in [3.05, 3.63) is 29.8 Å². The van der Waals surface area contributed by atoms with Crippen LogP contribution in [0.25, 0.3) is 0 Å². The Morgan fingerprint density at radius 1 is 1.38 bits per heavy atom. The number of carbonyl (C=O) groups is 1. The smallest absolute Gasteiger partial charge is 0.224 e. The average Bonchev–Trinajstić information content (AvgIpc) is 2.26. The van der Waals surface area contributed by atoms with Crippen molar-refractivity contribution in [2.45, 2.75) is 12.8 Å². The number of hydrogen-bond donors (Lipinski definition) is 3. The van der Waals surface area contributed by atoms with E-state index in [2.05, 4.69) is 5.32 Å². The number of thiol groups is 1. The van der Waals surface area contributed by atoms with Crippen LogP contribution in [0.4, 0.5) is 5.69 Å². The standard InChI is InChI=1S/C10H14N2O3S/c1-7(10(11)13)8-2-4-9(5-3-8)12-6-16(14)15/h2-5,7,12,16H,6H2,1H3,(H2,11,13). The summed E-state index contributed by atoms with van der Waals surface area (Å²) in [6.07, 6.45) is 0. The minimum atomic E-state index is -2.44. The Hall–Kier alpha value is -1.56. The van der Waals surface area contributed by atoms with Gasteiger partial charge in [-0.25, -0.2) is 8.42 Å². The zero-order valence-electron chi connectivity index (χ0n) is 8.84. The van der Waals surface area contributed by atoms with Crippen LogP contribution in [-0.2, 0) is 15.5 Å². The maximum absolute atomic E-state index is 10.9. The van der Waals surface area contributed by atoms with Crippen LogP contribution in [0.3, 0.4) is 0 Å². The number of nitrogens with two attached hydrogens (primary N) is 1. The first kappa shape index (κ1) is 12.5. The first-order valence-electron chi connectivity index (χ1n) is 4.75. The van der Waals surface area contributed by atoms with Gasteiger partial charge in [-0.15, -0.1) is 0 Å². The Balaban J connectivity index is 2.71. The fraction of sp³-hybridized carbons (Fsp3) is 0.300. The Kier molecular flexibility index (Phi) is 4.30. The Bertz CT molecular complexity index is 432. The van der Waals surface area contributed by atoms with Crippen LogP contribution < -0.4 is 11.1 Å². The highest BCUT2D eigenvalue weighted by atomic mass is 32.2. The molecule has 5 nitrogen and oxygen atoms in total. The van der Waals surface area contributed by atoms with E-state index in [0.29, 0.717) is 5.69 Å². The highest BCUT2D eigenvalue weighted by Gasteiger charge is 2.10. The summed E-state index contributed by atoms with van der Waals surface area (Å²) in [7, 11) is -2.44. The molecule has 3 N–H and O–H groups in total. The first-order chi connectivity index (χ1) is 7.50.